The number of nitrogens with two attached hydrogens (primary N) is 1. The summed E-state index contributed by atoms with van der Waals surface area (Å²) in [4.78, 5) is 0. The van der Waals surface area contributed by atoms with E-state index >= 15 is 0 Å². The Hall–Kier alpha value is -1.58. The quantitative estimate of drug-likeness (QED) is 0.885. The van der Waals surface area contributed by atoms with Gasteiger partial charge in [-0.15, -0.1) is 0 Å². The molecule has 16 heavy (non-hydrogen) atoms. The van der Waals surface area contributed by atoms with Crippen molar-refractivity contribution in [2.75, 3.05) is 6.54 Å². The summed E-state index contributed by atoms with van der Waals surface area (Å²) in [6, 6.07) is 7.67. The summed E-state index contributed by atoms with van der Waals surface area (Å²) in [5.74, 6) is 0. The van der Waals surface area contributed by atoms with Crippen LogP contribution in [0.1, 0.15) is 5.56 Å². The predicted molar refractivity (Wildman–Crippen MR) is 66.7 cm³/mol. The van der Waals surface area contributed by atoms with Crippen molar-refractivity contribution >= 4 is 17.7 Å². The Labute approximate surface area is 99.1 Å². The van der Waals surface area contributed by atoms with Crippen molar-refractivity contribution in [1.29, 1.82) is 0 Å². The van der Waals surface area contributed by atoms with Crippen molar-refractivity contribution in [3.05, 3.63) is 53.3 Å². The van der Waals surface area contributed by atoms with Crippen molar-refractivity contribution in [2.24, 2.45) is 5.73 Å². The molecule has 0 saturated carbocycles. The maximum Gasteiger partial charge on any atom is 0.0832 e. The zero-order valence-electron chi connectivity index (χ0n) is 8.68. The van der Waals surface area contributed by atoms with Gasteiger partial charge < -0.3 is 5.73 Å². The van der Waals surface area contributed by atoms with Crippen LogP contribution < -0.4 is 5.73 Å². The van der Waals surface area contributed by atoms with Gasteiger partial charge in [0.2, 0.25) is 0 Å². The first kappa shape index (κ1) is 10.9. The van der Waals surface area contributed by atoms with Crippen molar-refractivity contribution in [1.82, 2.24) is 9.78 Å². The van der Waals surface area contributed by atoms with Gasteiger partial charge >= 0.3 is 0 Å². The van der Waals surface area contributed by atoms with Gasteiger partial charge in [-0.25, -0.2) is 4.68 Å². The summed E-state index contributed by atoms with van der Waals surface area (Å²) in [5.41, 5.74) is 7.29. The van der Waals surface area contributed by atoms with Crippen LogP contribution in [0.4, 0.5) is 0 Å². The summed E-state index contributed by atoms with van der Waals surface area (Å²) < 4.78 is 1.73. The number of benzene rings is 1. The molecule has 0 unspecified atom stereocenters. The molecule has 0 aliphatic rings. The van der Waals surface area contributed by atoms with Gasteiger partial charge in [0.1, 0.15) is 0 Å². The van der Waals surface area contributed by atoms with E-state index in [9.17, 15) is 0 Å². The average molecular weight is 234 g/mol. The molecule has 1 aromatic heterocycles. The molecule has 3 nitrogen and oxygen atoms in total. The molecule has 0 atom stereocenters. The molecule has 1 heterocycles. The van der Waals surface area contributed by atoms with Crippen molar-refractivity contribution in [3.63, 3.8) is 0 Å². The monoisotopic (exact) mass is 233 g/mol. The van der Waals surface area contributed by atoms with Crippen LogP contribution in [-0.4, -0.2) is 16.3 Å². The minimum Gasteiger partial charge on any atom is -0.327 e. The Bertz CT molecular complexity index is 489. The third kappa shape index (κ3) is 2.32. The van der Waals surface area contributed by atoms with Gasteiger partial charge in [-0.3, -0.25) is 0 Å². The van der Waals surface area contributed by atoms with Gasteiger partial charge in [-0.2, -0.15) is 5.10 Å². The number of halogens is 1. The van der Waals surface area contributed by atoms with Crippen molar-refractivity contribution in [3.8, 4) is 5.69 Å². The van der Waals surface area contributed by atoms with Gasteiger partial charge in [0.15, 0.2) is 0 Å². The van der Waals surface area contributed by atoms with Crippen molar-refractivity contribution < 1.29 is 0 Å². The van der Waals surface area contributed by atoms with Crippen LogP contribution in [0.2, 0.25) is 5.02 Å². The Kier molecular flexibility index (Phi) is 3.39. The molecule has 0 saturated heterocycles. The van der Waals surface area contributed by atoms with Gasteiger partial charge in [0.25, 0.3) is 0 Å². The molecular weight excluding hydrogens is 222 g/mol. The lowest BCUT2D eigenvalue weighted by atomic mass is 10.2. The van der Waals surface area contributed by atoms with E-state index in [0.717, 1.165) is 11.3 Å². The smallest absolute Gasteiger partial charge is 0.0832 e. The molecule has 1 aromatic carbocycles. The molecule has 2 N–H and O–H groups in total. The number of nitrogens with zero attached hydrogens (tertiary/aromatic N) is 2. The summed E-state index contributed by atoms with van der Waals surface area (Å²) in [5, 5.41) is 4.80. The van der Waals surface area contributed by atoms with E-state index in [1.54, 1.807) is 10.9 Å². The van der Waals surface area contributed by atoms with Crippen LogP contribution in [0, 0.1) is 0 Å². The lowest BCUT2D eigenvalue weighted by Gasteiger charge is -2.04. The molecule has 0 fully saturated rings. The first-order valence-electron chi connectivity index (χ1n) is 4.97. The topological polar surface area (TPSA) is 43.8 Å². The van der Waals surface area contributed by atoms with E-state index in [4.69, 9.17) is 17.3 Å². The Morgan fingerprint density at radius 1 is 1.44 bits per heavy atom. The molecule has 0 spiro atoms. The molecule has 0 bridgehead atoms. The Morgan fingerprint density at radius 3 is 2.94 bits per heavy atom. The van der Waals surface area contributed by atoms with E-state index in [2.05, 4.69) is 5.10 Å². The van der Waals surface area contributed by atoms with E-state index in [1.807, 2.05) is 42.6 Å². The zero-order chi connectivity index (χ0) is 11.4. The highest BCUT2D eigenvalue weighted by Crippen LogP contribution is 2.21. The van der Waals surface area contributed by atoms with E-state index in [0.29, 0.717) is 11.6 Å². The Morgan fingerprint density at radius 2 is 2.31 bits per heavy atom. The first-order valence-corrected chi connectivity index (χ1v) is 5.35. The van der Waals surface area contributed by atoms with Crippen LogP contribution in [-0.2, 0) is 0 Å². The molecule has 2 rings (SSSR count). The zero-order valence-corrected chi connectivity index (χ0v) is 9.43. The van der Waals surface area contributed by atoms with Gasteiger partial charge in [0, 0.05) is 18.9 Å². The maximum absolute atomic E-state index is 6.17. The number of aromatic nitrogens is 2. The van der Waals surface area contributed by atoms with Crippen LogP contribution in [0.3, 0.4) is 0 Å². The minimum atomic E-state index is 0.526. The van der Waals surface area contributed by atoms with Gasteiger partial charge in [-0.1, -0.05) is 29.8 Å². The van der Waals surface area contributed by atoms with Gasteiger partial charge in [-0.05, 0) is 23.8 Å². The molecule has 2 aromatic rings. The van der Waals surface area contributed by atoms with E-state index in [-0.39, 0.29) is 0 Å². The lowest BCUT2D eigenvalue weighted by molar-refractivity contribution is 0.880. The Balaban J connectivity index is 2.34. The van der Waals surface area contributed by atoms with Crippen LogP contribution in [0.5, 0.6) is 0 Å². The number of rotatable bonds is 3. The highest BCUT2D eigenvalue weighted by molar-refractivity contribution is 6.32. The second kappa shape index (κ2) is 4.96. The molecule has 0 aliphatic heterocycles. The third-order valence-corrected chi connectivity index (χ3v) is 2.47. The van der Waals surface area contributed by atoms with E-state index in [1.165, 1.54) is 0 Å². The molecule has 4 heteroatoms. The SMILES string of the molecule is NC/C=C/c1ccc(-n2cccn2)c(Cl)c1. The average Bonchev–Trinajstić information content (AvgIpc) is 2.80. The molecule has 0 amide bonds. The van der Waals surface area contributed by atoms with Crippen LogP contribution in [0.15, 0.2) is 42.7 Å². The highest BCUT2D eigenvalue weighted by atomic mass is 35.5. The minimum absolute atomic E-state index is 0.526. The summed E-state index contributed by atoms with van der Waals surface area (Å²) >= 11 is 6.17. The first-order chi connectivity index (χ1) is 7.81. The maximum atomic E-state index is 6.17. The van der Waals surface area contributed by atoms with Crippen molar-refractivity contribution in [2.45, 2.75) is 0 Å². The van der Waals surface area contributed by atoms with Crippen LogP contribution >= 0.6 is 11.6 Å². The predicted octanol–water partition coefficient (Wildman–Crippen LogP) is 2.50. The fourth-order valence-corrected chi connectivity index (χ4v) is 1.70. The summed E-state index contributed by atoms with van der Waals surface area (Å²) in [6.07, 6.45) is 7.41. The number of hydrogen-bond donors (Lipinski definition) is 1. The highest BCUT2D eigenvalue weighted by Gasteiger charge is 2.02. The van der Waals surface area contributed by atoms with E-state index < -0.39 is 0 Å². The van der Waals surface area contributed by atoms with Gasteiger partial charge in [0.05, 0.1) is 10.7 Å². The normalized spacial score (nSPS) is 11.1. The summed E-state index contributed by atoms with van der Waals surface area (Å²) in [6.45, 7) is 0.526. The largest absolute Gasteiger partial charge is 0.327 e. The third-order valence-electron chi connectivity index (χ3n) is 2.17. The molecule has 0 aliphatic carbocycles. The van der Waals surface area contributed by atoms with Crippen LogP contribution in [0.25, 0.3) is 11.8 Å². The fraction of sp³-hybridized carbons (Fsp3) is 0.0833. The fourth-order valence-electron chi connectivity index (χ4n) is 1.43. The second-order valence-electron chi connectivity index (χ2n) is 3.30. The second-order valence-corrected chi connectivity index (χ2v) is 3.71. The molecular formula is C12H12ClN3. The standard InChI is InChI=1S/C12H12ClN3/c13-11-9-10(3-1-6-14)4-5-12(11)16-8-2-7-15-16/h1-5,7-9H,6,14H2/b3-1+. The summed E-state index contributed by atoms with van der Waals surface area (Å²) in [7, 11) is 0. The number of hydrogen-bond acceptors (Lipinski definition) is 2. The lowest BCUT2D eigenvalue weighted by Crippen LogP contribution is -1.95. The molecule has 0 radical (unpaired) electrons. The molecule has 82 valence electrons.